The molecule has 0 spiro atoms. The van der Waals surface area contributed by atoms with Crippen molar-refractivity contribution in [3.05, 3.63) is 24.3 Å². The molecule has 5 heteroatoms. The number of likely N-dealkylation sites (tertiary alicyclic amines) is 1. The normalized spacial score (nSPS) is 16.4. The smallest absolute Gasteiger partial charge is 0.415 e. The van der Waals surface area contributed by atoms with Crippen molar-refractivity contribution in [3.8, 4) is 11.5 Å². The van der Waals surface area contributed by atoms with Crippen LogP contribution in [-0.4, -0.2) is 37.2 Å². The Hall–Kier alpha value is -1.75. The number of hydrogen-bond acceptors (Lipinski definition) is 4. The van der Waals surface area contributed by atoms with Gasteiger partial charge in [0.2, 0.25) is 0 Å². The first-order valence-electron chi connectivity index (χ1n) is 6.05. The van der Waals surface area contributed by atoms with Gasteiger partial charge in [0, 0.05) is 19.1 Å². The Morgan fingerprint density at radius 2 is 1.78 bits per heavy atom. The fourth-order valence-corrected chi connectivity index (χ4v) is 1.89. The molecule has 1 fully saturated rings. The summed E-state index contributed by atoms with van der Waals surface area (Å²) in [7, 11) is 1.60. The molecule has 0 aliphatic carbocycles. The molecule has 2 N–H and O–H groups in total. The number of benzene rings is 1. The quantitative estimate of drug-likeness (QED) is 0.866. The summed E-state index contributed by atoms with van der Waals surface area (Å²) in [5.41, 5.74) is 5.79. The molecule has 1 aliphatic heterocycles. The molecule has 1 aromatic carbocycles. The largest absolute Gasteiger partial charge is 0.497 e. The Labute approximate surface area is 106 Å². The van der Waals surface area contributed by atoms with Gasteiger partial charge in [0.15, 0.2) is 0 Å². The number of piperidine rings is 1. The lowest BCUT2D eigenvalue weighted by atomic mass is 10.1. The van der Waals surface area contributed by atoms with Crippen LogP contribution in [0.1, 0.15) is 12.8 Å². The van der Waals surface area contributed by atoms with Crippen LogP contribution in [0.15, 0.2) is 24.3 Å². The molecule has 0 unspecified atom stereocenters. The first-order valence-corrected chi connectivity index (χ1v) is 6.05. The van der Waals surface area contributed by atoms with Crippen LogP contribution in [0.4, 0.5) is 4.79 Å². The molecule has 1 heterocycles. The lowest BCUT2D eigenvalue weighted by Crippen LogP contribution is -2.44. The molecule has 0 bridgehead atoms. The monoisotopic (exact) mass is 250 g/mol. The molecule has 1 saturated heterocycles. The molecule has 0 aromatic heterocycles. The predicted octanol–water partition coefficient (Wildman–Crippen LogP) is 1.62. The summed E-state index contributed by atoms with van der Waals surface area (Å²) < 4.78 is 10.3. The minimum absolute atomic E-state index is 0.204. The molecular weight excluding hydrogens is 232 g/mol. The second kappa shape index (κ2) is 5.73. The number of carbonyl (C=O) groups excluding carboxylic acids is 1. The second-order valence-corrected chi connectivity index (χ2v) is 4.37. The molecule has 0 radical (unpaired) electrons. The van der Waals surface area contributed by atoms with Crippen molar-refractivity contribution in [1.29, 1.82) is 0 Å². The average molecular weight is 250 g/mol. The highest BCUT2D eigenvalue weighted by atomic mass is 16.6. The molecule has 18 heavy (non-hydrogen) atoms. The van der Waals surface area contributed by atoms with E-state index in [9.17, 15) is 4.79 Å². The van der Waals surface area contributed by atoms with Crippen LogP contribution in [0.3, 0.4) is 0 Å². The SMILES string of the molecule is COc1ccc(OC(=O)N2CCC(N)CC2)cc1. The summed E-state index contributed by atoms with van der Waals surface area (Å²) in [6.07, 6.45) is 1.35. The molecule has 5 nitrogen and oxygen atoms in total. The summed E-state index contributed by atoms with van der Waals surface area (Å²) in [6.45, 7) is 1.33. The van der Waals surface area contributed by atoms with Crippen molar-refractivity contribution in [1.82, 2.24) is 4.90 Å². The molecule has 98 valence electrons. The van der Waals surface area contributed by atoms with E-state index in [-0.39, 0.29) is 12.1 Å². The van der Waals surface area contributed by atoms with E-state index < -0.39 is 0 Å². The number of carbonyl (C=O) groups is 1. The number of rotatable bonds is 2. The molecule has 1 aliphatic rings. The van der Waals surface area contributed by atoms with E-state index in [1.165, 1.54) is 0 Å². The third-order valence-electron chi connectivity index (χ3n) is 3.06. The predicted molar refractivity (Wildman–Crippen MR) is 67.8 cm³/mol. The van der Waals surface area contributed by atoms with Crippen molar-refractivity contribution < 1.29 is 14.3 Å². The van der Waals surface area contributed by atoms with Gasteiger partial charge in [-0.25, -0.2) is 4.79 Å². The molecular formula is C13H18N2O3. The van der Waals surface area contributed by atoms with Crippen LogP contribution in [0.2, 0.25) is 0 Å². The topological polar surface area (TPSA) is 64.8 Å². The fraction of sp³-hybridized carbons (Fsp3) is 0.462. The minimum Gasteiger partial charge on any atom is -0.497 e. The Morgan fingerprint density at radius 1 is 1.22 bits per heavy atom. The zero-order valence-electron chi connectivity index (χ0n) is 10.5. The van der Waals surface area contributed by atoms with Crippen LogP contribution >= 0.6 is 0 Å². The van der Waals surface area contributed by atoms with Crippen LogP contribution in [0.25, 0.3) is 0 Å². The van der Waals surface area contributed by atoms with Gasteiger partial charge in [0.05, 0.1) is 7.11 Å². The highest BCUT2D eigenvalue weighted by Crippen LogP contribution is 2.18. The van der Waals surface area contributed by atoms with Gasteiger partial charge < -0.3 is 20.1 Å². The number of nitrogens with zero attached hydrogens (tertiary/aromatic N) is 1. The van der Waals surface area contributed by atoms with E-state index in [1.807, 2.05) is 0 Å². The van der Waals surface area contributed by atoms with Crippen molar-refractivity contribution in [2.24, 2.45) is 5.73 Å². The van der Waals surface area contributed by atoms with Gasteiger partial charge in [0.1, 0.15) is 11.5 Å². The summed E-state index contributed by atoms with van der Waals surface area (Å²) in [4.78, 5) is 13.5. The van der Waals surface area contributed by atoms with E-state index >= 15 is 0 Å². The Balaban J connectivity index is 1.90. The summed E-state index contributed by atoms with van der Waals surface area (Å²) in [5, 5.41) is 0. The molecule has 1 aromatic rings. The summed E-state index contributed by atoms with van der Waals surface area (Å²) in [6, 6.07) is 7.15. The molecule has 0 saturated carbocycles. The van der Waals surface area contributed by atoms with E-state index in [0.717, 1.165) is 18.6 Å². The highest BCUT2D eigenvalue weighted by molar-refractivity contribution is 5.70. The average Bonchev–Trinajstić information content (AvgIpc) is 2.40. The lowest BCUT2D eigenvalue weighted by Gasteiger charge is -2.29. The second-order valence-electron chi connectivity index (χ2n) is 4.37. The Kier molecular flexibility index (Phi) is 4.04. The van der Waals surface area contributed by atoms with Gasteiger partial charge >= 0.3 is 6.09 Å². The van der Waals surface area contributed by atoms with E-state index in [1.54, 1.807) is 36.3 Å². The third kappa shape index (κ3) is 3.13. The van der Waals surface area contributed by atoms with Crippen molar-refractivity contribution in [2.45, 2.75) is 18.9 Å². The van der Waals surface area contributed by atoms with Gasteiger partial charge in [-0.1, -0.05) is 0 Å². The first-order chi connectivity index (χ1) is 8.69. The zero-order valence-corrected chi connectivity index (χ0v) is 10.5. The highest BCUT2D eigenvalue weighted by Gasteiger charge is 2.21. The van der Waals surface area contributed by atoms with E-state index in [2.05, 4.69) is 0 Å². The van der Waals surface area contributed by atoms with Crippen LogP contribution in [0, 0.1) is 0 Å². The van der Waals surface area contributed by atoms with Gasteiger partial charge in [-0.15, -0.1) is 0 Å². The van der Waals surface area contributed by atoms with E-state index in [4.69, 9.17) is 15.2 Å². The van der Waals surface area contributed by atoms with Gasteiger partial charge in [-0.3, -0.25) is 0 Å². The van der Waals surface area contributed by atoms with Crippen LogP contribution < -0.4 is 15.2 Å². The Bertz CT molecular complexity index is 397. The van der Waals surface area contributed by atoms with Crippen molar-refractivity contribution in [3.63, 3.8) is 0 Å². The standard InChI is InChI=1S/C13H18N2O3/c1-17-11-2-4-12(5-3-11)18-13(16)15-8-6-10(14)7-9-15/h2-5,10H,6-9,14H2,1H3. The number of ether oxygens (including phenoxy) is 2. The van der Waals surface area contributed by atoms with Crippen LogP contribution in [-0.2, 0) is 0 Å². The number of nitrogens with two attached hydrogens (primary N) is 1. The number of methoxy groups -OCH3 is 1. The van der Waals surface area contributed by atoms with Gasteiger partial charge in [0.25, 0.3) is 0 Å². The number of amides is 1. The van der Waals surface area contributed by atoms with Crippen molar-refractivity contribution in [2.75, 3.05) is 20.2 Å². The minimum atomic E-state index is -0.313. The summed E-state index contributed by atoms with van der Waals surface area (Å²) >= 11 is 0. The maximum atomic E-state index is 11.9. The third-order valence-corrected chi connectivity index (χ3v) is 3.06. The zero-order chi connectivity index (χ0) is 13.0. The van der Waals surface area contributed by atoms with Crippen molar-refractivity contribution >= 4 is 6.09 Å². The molecule has 0 atom stereocenters. The first kappa shape index (κ1) is 12.7. The molecule has 2 rings (SSSR count). The lowest BCUT2D eigenvalue weighted by molar-refractivity contribution is 0.139. The van der Waals surface area contributed by atoms with Crippen LogP contribution in [0.5, 0.6) is 11.5 Å². The van der Waals surface area contributed by atoms with Gasteiger partial charge in [-0.05, 0) is 37.1 Å². The Morgan fingerprint density at radius 3 is 2.33 bits per heavy atom. The maximum absolute atomic E-state index is 11.9. The fourth-order valence-electron chi connectivity index (χ4n) is 1.89. The number of hydrogen-bond donors (Lipinski definition) is 1. The summed E-state index contributed by atoms with van der Waals surface area (Å²) in [5.74, 6) is 1.26. The van der Waals surface area contributed by atoms with E-state index in [0.29, 0.717) is 18.8 Å². The van der Waals surface area contributed by atoms with Gasteiger partial charge in [-0.2, -0.15) is 0 Å². The maximum Gasteiger partial charge on any atom is 0.415 e. The molecule has 1 amide bonds.